The zero-order valence-electron chi connectivity index (χ0n) is 13.5. The van der Waals surface area contributed by atoms with Crippen LogP contribution < -0.4 is 4.13 Å². The van der Waals surface area contributed by atoms with Crippen molar-refractivity contribution in [3.63, 3.8) is 0 Å². The van der Waals surface area contributed by atoms with Gasteiger partial charge >= 0.3 is 31.1 Å². The molecule has 1 rings (SSSR count). The van der Waals surface area contributed by atoms with Crippen molar-refractivity contribution in [3.05, 3.63) is 0 Å². The number of unbranched alkanes of at least 4 members (excludes halogenated alkanes) is 1. The Hall–Kier alpha value is -0.600. The van der Waals surface area contributed by atoms with Gasteiger partial charge < -0.3 is 4.90 Å². The molecular formula is C11H20F6N2O4S2. The van der Waals surface area contributed by atoms with Gasteiger partial charge in [-0.2, -0.15) is 26.3 Å². The number of rotatable bonds is 5. The predicted octanol–water partition coefficient (Wildman–Crippen LogP) is 2.55. The van der Waals surface area contributed by atoms with Crippen LogP contribution in [0.4, 0.5) is 26.3 Å². The van der Waals surface area contributed by atoms with E-state index in [9.17, 15) is 43.2 Å². The Balaban J connectivity index is 0.000000496. The number of likely N-dealkylation sites (tertiary alicyclic amines) is 1. The van der Waals surface area contributed by atoms with Gasteiger partial charge in [0, 0.05) is 6.04 Å². The van der Waals surface area contributed by atoms with E-state index in [-0.39, 0.29) is 0 Å². The normalized spacial score (nSPS) is 20.2. The van der Waals surface area contributed by atoms with Gasteiger partial charge in [-0.15, -0.1) is 0 Å². The molecule has 0 aromatic rings. The fraction of sp³-hybridized carbons (Fsp3) is 1.00. The number of hydrogen-bond donors (Lipinski definition) is 1. The topological polar surface area (TPSA) is 83.6 Å². The van der Waals surface area contributed by atoms with E-state index >= 15 is 0 Å². The first-order valence-corrected chi connectivity index (χ1v) is 10.2. The molecule has 0 aromatic heterocycles. The van der Waals surface area contributed by atoms with Gasteiger partial charge in [0.25, 0.3) is 0 Å². The van der Waals surface area contributed by atoms with Crippen molar-refractivity contribution in [2.24, 2.45) is 0 Å². The molecule has 0 saturated carbocycles. The molecule has 1 unspecified atom stereocenters. The van der Waals surface area contributed by atoms with Crippen LogP contribution >= 0.6 is 0 Å². The molecule has 1 heterocycles. The van der Waals surface area contributed by atoms with E-state index in [0.29, 0.717) is 0 Å². The van der Waals surface area contributed by atoms with Crippen LogP contribution in [-0.2, 0) is 20.0 Å². The number of halogens is 6. The van der Waals surface area contributed by atoms with Gasteiger partial charge in [-0.25, -0.2) is 16.8 Å². The molecule has 0 aliphatic carbocycles. The largest absolute Gasteiger partial charge is 0.512 e. The minimum atomic E-state index is -6.60. The van der Waals surface area contributed by atoms with E-state index in [2.05, 4.69) is 18.7 Å². The zero-order chi connectivity index (χ0) is 20.1. The molecule has 0 aromatic carbocycles. The number of hydrogen-bond acceptors (Lipinski definition) is 5. The predicted molar refractivity (Wildman–Crippen MR) is 78.3 cm³/mol. The molecule has 1 aliphatic heterocycles. The summed E-state index contributed by atoms with van der Waals surface area (Å²) in [5, 5.41) is 0. The lowest BCUT2D eigenvalue weighted by atomic mass is 10.2. The van der Waals surface area contributed by atoms with Crippen LogP contribution in [-0.4, -0.2) is 51.9 Å². The van der Waals surface area contributed by atoms with Gasteiger partial charge in [-0.05, 0) is 39.3 Å². The summed E-state index contributed by atoms with van der Waals surface area (Å²) in [7, 11) is -13.2. The van der Waals surface area contributed by atoms with Crippen LogP contribution in [0.3, 0.4) is 0 Å². The summed E-state index contributed by atoms with van der Waals surface area (Å²) in [6, 6.07) is 0.867. The fourth-order valence-electron chi connectivity index (χ4n) is 1.93. The molecule has 1 aliphatic rings. The third-order valence-electron chi connectivity index (χ3n) is 3.32. The van der Waals surface area contributed by atoms with E-state index in [1.54, 1.807) is 0 Å². The van der Waals surface area contributed by atoms with Crippen molar-refractivity contribution < 1.29 is 43.2 Å². The Morgan fingerprint density at radius 1 is 1.00 bits per heavy atom. The van der Waals surface area contributed by atoms with Crippen LogP contribution in [0, 0.1) is 0 Å². The molecule has 1 N–H and O–H groups in total. The highest BCUT2D eigenvalue weighted by atomic mass is 32.3. The third-order valence-corrected chi connectivity index (χ3v) is 6.29. The van der Waals surface area contributed by atoms with Crippen LogP contribution in [0.5, 0.6) is 0 Å². The van der Waals surface area contributed by atoms with Crippen LogP contribution in [0.25, 0.3) is 0 Å². The minimum absolute atomic E-state index is 0.493. The summed E-state index contributed by atoms with van der Waals surface area (Å²) in [5.41, 5.74) is -12.3. The third kappa shape index (κ3) is 7.66. The monoisotopic (exact) mass is 422 g/mol. The molecule has 1 saturated heterocycles. The number of sulfonamides is 2. The molecule has 0 amide bonds. The molecule has 6 nitrogen and oxygen atoms in total. The summed E-state index contributed by atoms with van der Waals surface area (Å²) in [4.78, 5) is 2.61. The first kappa shape index (κ1) is 24.4. The van der Waals surface area contributed by atoms with Gasteiger partial charge in [0.2, 0.25) is 0 Å². The van der Waals surface area contributed by atoms with Crippen molar-refractivity contribution in [1.29, 1.82) is 0 Å². The first-order valence-electron chi connectivity index (χ1n) is 7.20. The second kappa shape index (κ2) is 8.86. The van der Waals surface area contributed by atoms with Crippen LogP contribution in [0.2, 0.25) is 0 Å². The Kier molecular flexibility index (Phi) is 8.65. The number of alkyl halides is 6. The zero-order valence-corrected chi connectivity index (χ0v) is 15.1. The molecule has 25 heavy (non-hydrogen) atoms. The molecule has 1 atom stereocenters. The quantitative estimate of drug-likeness (QED) is 0.689. The first-order chi connectivity index (χ1) is 11.0. The van der Waals surface area contributed by atoms with Gasteiger partial charge in [-0.1, -0.05) is 17.5 Å². The smallest absolute Gasteiger partial charge is 0.301 e. The number of nitrogens with one attached hydrogen (secondary N) is 1. The maximum atomic E-state index is 11.5. The average molecular weight is 422 g/mol. The van der Waals surface area contributed by atoms with Crippen LogP contribution in [0.15, 0.2) is 0 Å². The van der Waals surface area contributed by atoms with E-state index in [1.807, 2.05) is 0 Å². The van der Waals surface area contributed by atoms with Crippen LogP contribution in [0.1, 0.15) is 39.5 Å². The molecule has 14 heteroatoms. The van der Waals surface area contributed by atoms with Crippen molar-refractivity contribution in [3.8, 4) is 0 Å². The summed E-state index contributed by atoms with van der Waals surface area (Å²) in [5.74, 6) is 0. The highest BCUT2D eigenvalue weighted by Gasteiger charge is 2.55. The summed E-state index contributed by atoms with van der Waals surface area (Å²) < 4.78 is 108. The van der Waals surface area contributed by atoms with E-state index in [4.69, 9.17) is 0 Å². The summed E-state index contributed by atoms with van der Waals surface area (Å²) >= 11 is 0. The van der Waals surface area contributed by atoms with E-state index < -0.39 is 35.2 Å². The van der Waals surface area contributed by atoms with Gasteiger partial charge in [0.15, 0.2) is 0 Å². The molecular weight excluding hydrogens is 402 g/mol. The summed E-state index contributed by atoms with van der Waals surface area (Å²) in [6.45, 7) is 7.29. The van der Waals surface area contributed by atoms with Gasteiger partial charge in [0.05, 0.1) is 0 Å². The Morgan fingerprint density at radius 2 is 1.44 bits per heavy atom. The standard InChI is InChI=1S/C9H19N.C2HF6NO4S2/c1-3-4-7-10-8-5-6-9(10)2;3-1(4,5)14(10,11)9-15(12,13)2(6,7)8/h9H,3-8H2,1-2H3;9H. The highest BCUT2D eigenvalue weighted by Crippen LogP contribution is 2.27. The minimum Gasteiger partial charge on any atom is -0.301 e. The maximum absolute atomic E-state index is 11.5. The molecule has 152 valence electrons. The lowest BCUT2D eigenvalue weighted by molar-refractivity contribution is -0.0476. The summed E-state index contributed by atoms with van der Waals surface area (Å²) in [6.07, 6.45) is 5.56. The van der Waals surface area contributed by atoms with Gasteiger partial charge in [-0.3, -0.25) is 0 Å². The van der Waals surface area contributed by atoms with Gasteiger partial charge in [0.1, 0.15) is 0 Å². The molecule has 0 bridgehead atoms. The second-order valence-corrected chi connectivity index (χ2v) is 8.97. The second-order valence-electron chi connectivity index (χ2n) is 5.36. The van der Waals surface area contributed by atoms with Crippen molar-refractivity contribution >= 4 is 20.0 Å². The van der Waals surface area contributed by atoms with E-state index in [0.717, 1.165) is 6.04 Å². The van der Waals surface area contributed by atoms with Crippen molar-refractivity contribution in [2.45, 2.75) is 56.6 Å². The van der Waals surface area contributed by atoms with E-state index in [1.165, 1.54) is 38.8 Å². The SMILES string of the molecule is CCCCN1CCCC1C.O=S(=O)(NS(=O)(=O)C(F)(F)F)C(F)(F)F. The van der Waals surface area contributed by atoms with Crippen molar-refractivity contribution in [2.75, 3.05) is 13.1 Å². The van der Waals surface area contributed by atoms with Crippen molar-refractivity contribution in [1.82, 2.24) is 9.03 Å². The maximum Gasteiger partial charge on any atom is 0.512 e. The lowest BCUT2D eigenvalue weighted by Crippen LogP contribution is -2.45. The number of nitrogens with zero attached hydrogens (tertiary/aromatic N) is 1. The Bertz CT molecular complexity index is 573. The lowest BCUT2D eigenvalue weighted by Gasteiger charge is -2.19. The molecule has 0 spiro atoms. The molecule has 1 fully saturated rings. The Morgan fingerprint density at radius 3 is 1.72 bits per heavy atom. The molecule has 0 radical (unpaired) electrons. The highest BCUT2D eigenvalue weighted by molar-refractivity contribution is 8.05. The fourth-order valence-corrected chi connectivity index (χ4v) is 3.84. The average Bonchev–Trinajstić information content (AvgIpc) is 2.78. The Labute approximate surface area is 142 Å².